The van der Waals surface area contributed by atoms with Crippen LogP contribution in [-0.4, -0.2) is 43.3 Å². The molecule has 4 rings (SSSR count). The molecule has 4 aromatic carbocycles. The van der Waals surface area contributed by atoms with Gasteiger partial charge < -0.3 is 10.2 Å². The summed E-state index contributed by atoms with van der Waals surface area (Å²) in [4.78, 5) is 30.0. The number of carbonyl (C=O) groups is 2. The van der Waals surface area contributed by atoms with Crippen molar-refractivity contribution in [3.05, 3.63) is 130 Å². The number of carbonyl (C=O) groups excluding carboxylic acids is 2. The Morgan fingerprint density at radius 3 is 2.00 bits per heavy atom. The first kappa shape index (κ1) is 33.7. The number of anilines is 1. The first-order chi connectivity index (χ1) is 21.2. The molecule has 0 aliphatic rings. The molecular formula is C36H40ClN3O4S. The number of hydrogen-bond acceptors (Lipinski definition) is 4. The highest BCUT2D eigenvalue weighted by molar-refractivity contribution is 7.92. The van der Waals surface area contributed by atoms with Gasteiger partial charge in [0.1, 0.15) is 12.6 Å². The molecule has 1 unspecified atom stereocenters. The fourth-order valence-electron chi connectivity index (χ4n) is 5.06. The predicted molar refractivity (Wildman–Crippen MR) is 181 cm³/mol. The summed E-state index contributed by atoms with van der Waals surface area (Å²) in [6.45, 7) is 9.06. The topological polar surface area (TPSA) is 86.8 Å². The molecule has 2 amide bonds. The van der Waals surface area contributed by atoms with Crippen LogP contribution in [0.3, 0.4) is 0 Å². The summed E-state index contributed by atoms with van der Waals surface area (Å²) in [5.74, 6) is -0.837. The van der Waals surface area contributed by atoms with Gasteiger partial charge in [0.2, 0.25) is 11.8 Å². The molecule has 0 heterocycles. The Morgan fingerprint density at radius 1 is 0.800 bits per heavy atom. The second-order valence-corrected chi connectivity index (χ2v) is 14.6. The van der Waals surface area contributed by atoms with Crippen LogP contribution in [-0.2, 0) is 32.6 Å². The van der Waals surface area contributed by atoms with Crippen LogP contribution in [0.25, 0.3) is 0 Å². The average molecular weight is 646 g/mol. The Kier molecular flexibility index (Phi) is 10.7. The minimum absolute atomic E-state index is 0.00208. The average Bonchev–Trinajstić information content (AvgIpc) is 2.97. The number of nitrogens with zero attached hydrogens (tertiary/aromatic N) is 2. The van der Waals surface area contributed by atoms with E-state index in [1.54, 1.807) is 18.2 Å². The van der Waals surface area contributed by atoms with E-state index in [1.807, 2.05) is 95.3 Å². The number of nitrogens with one attached hydrogen (secondary N) is 1. The van der Waals surface area contributed by atoms with Crippen molar-refractivity contribution >= 4 is 39.1 Å². The largest absolute Gasteiger partial charge is 0.350 e. The van der Waals surface area contributed by atoms with Gasteiger partial charge in [0.05, 0.1) is 10.6 Å². The van der Waals surface area contributed by atoms with Crippen LogP contribution in [0.4, 0.5) is 5.69 Å². The van der Waals surface area contributed by atoms with Gasteiger partial charge in [-0.3, -0.25) is 13.9 Å². The van der Waals surface area contributed by atoms with Gasteiger partial charge in [-0.2, -0.15) is 0 Å². The molecule has 0 aromatic heterocycles. The Morgan fingerprint density at radius 2 is 1.40 bits per heavy atom. The maximum Gasteiger partial charge on any atom is 0.264 e. The molecule has 0 saturated carbocycles. The predicted octanol–water partition coefficient (Wildman–Crippen LogP) is 6.71. The number of rotatable bonds is 11. The lowest BCUT2D eigenvalue weighted by Gasteiger charge is -2.35. The highest BCUT2D eigenvalue weighted by atomic mass is 35.5. The number of halogens is 1. The molecule has 0 fully saturated rings. The van der Waals surface area contributed by atoms with E-state index in [1.165, 1.54) is 29.2 Å². The van der Waals surface area contributed by atoms with E-state index < -0.39 is 34.1 Å². The summed E-state index contributed by atoms with van der Waals surface area (Å²) in [5, 5.41) is 3.44. The van der Waals surface area contributed by atoms with Gasteiger partial charge in [0.25, 0.3) is 10.0 Å². The van der Waals surface area contributed by atoms with Gasteiger partial charge in [-0.25, -0.2) is 8.42 Å². The van der Waals surface area contributed by atoms with Gasteiger partial charge in [0, 0.05) is 23.5 Å². The maximum absolute atomic E-state index is 14.6. The lowest BCUT2D eigenvalue weighted by molar-refractivity contribution is -0.140. The minimum atomic E-state index is -4.20. The molecule has 0 aliphatic carbocycles. The zero-order valence-corrected chi connectivity index (χ0v) is 27.9. The zero-order valence-electron chi connectivity index (χ0n) is 26.3. The third-order valence-corrected chi connectivity index (χ3v) is 9.21. The molecule has 7 nitrogen and oxygen atoms in total. The molecule has 0 aliphatic heterocycles. The van der Waals surface area contributed by atoms with Gasteiger partial charge in [-0.15, -0.1) is 0 Å². The van der Waals surface area contributed by atoms with E-state index in [2.05, 4.69) is 5.32 Å². The van der Waals surface area contributed by atoms with E-state index >= 15 is 0 Å². The van der Waals surface area contributed by atoms with E-state index in [-0.39, 0.29) is 23.8 Å². The quantitative estimate of drug-likeness (QED) is 0.197. The Balaban J connectivity index is 1.82. The van der Waals surface area contributed by atoms with E-state index in [0.717, 1.165) is 26.6 Å². The monoisotopic (exact) mass is 645 g/mol. The first-order valence-corrected chi connectivity index (χ1v) is 16.6. The second kappa shape index (κ2) is 14.3. The van der Waals surface area contributed by atoms with Gasteiger partial charge in [-0.05, 0) is 87.7 Å². The van der Waals surface area contributed by atoms with Crippen molar-refractivity contribution in [3.8, 4) is 0 Å². The Bertz CT molecular complexity index is 1740. The van der Waals surface area contributed by atoms with E-state index in [4.69, 9.17) is 11.6 Å². The van der Waals surface area contributed by atoms with Crippen LogP contribution in [0.1, 0.15) is 43.0 Å². The van der Waals surface area contributed by atoms with Crippen molar-refractivity contribution in [2.45, 2.75) is 64.1 Å². The molecule has 9 heteroatoms. The molecule has 0 bridgehead atoms. The summed E-state index contributed by atoms with van der Waals surface area (Å²) in [6.07, 6.45) is 0.245. The number of hydrogen-bond donors (Lipinski definition) is 1. The van der Waals surface area contributed by atoms with Crippen molar-refractivity contribution in [2.24, 2.45) is 0 Å². The van der Waals surface area contributed by atoms with Crippen molar-refractivity contribution in [2.75, 3.05) is 10.8 Å². The summed E-state index contributed by atoms with van der Waals surface area (Å²) < 4.78 is 29.4. The lowest BCUT2D eigenvalue weighted by Crippen LogP contribution is -2.56. The summed E-state index contributed by atoms with van der Waals surface area (Å²) >= 11 is 6.06. The third-order valence-electron chi connectivity index (χ3n) is 7.17. The molecule has 0 saturated heterocycles. The fourth-order valence-corrected chi connectivity index (χ4v) is 6.59. The number of sulfonamides is 1. The first-order valence-electron chi connectivity index (χ1n) is 14.8. The summed E-state index contributed by atoms with van der Waals surface area (Å²) in [7, 11) is -4.20. The molecule has 0 radical (unpaired) electrons. The SMILES string of the molecule is Cc1cccc(CN(C(=O)CN(c2cccc(C)c2)S(=O)(=O)c2ccc(Cl)cc2)C(Cc2ccccc2)C(=O)NC(C)(C)C)c1. The van der Waals surface area contributed by atoms with Crippen LogP contribution in [0, 0.1) is 13.8 Å². The van der Waals surface area contributed by atoms with Crippen LogP contribution >= 0.6 is 11.6 Å². The standard InChI is InChI=1S/C36H40ClN3O4S/c1-26-11-9-15-29(21-26)24-39(33(35(42)38-36(3,4)5)23-28-13-7-6-8-14-28)34(41)25-40(31-16-10-12-27(2)22-31)45(43,44)32-19-17-30(37)18-20-32/h6-22,33H,23-25H2,1-5H3,(H,38,42). The minimum Gasteiger partial charge on any atom is -0.350 e. The third kappa shape index (κ3) is 9.19. The number of aryl methyl sites for hydroxylation is 2. The molecule has 1 atom stereocenters. The summed E-state index contributed by atoms with van der Waals surface area (Å²) in [6, 6.07) is 29.1. The molecule has 45 heavy (non-hydrogen) atoms. The van der Waals surface area contributed by atoms with Crippen molar-refractivity contribution in [1.29, 1.82) is 0 Å². The van der Waals surface area contributed by atoms with Crippen molar-refractivity contribution in [3.63, 3.8) is 0 Å². The van der Waals surface area contributed by atoms with Crippen LogP contribution < -0.4 is 9.62 Å². The lowest BCUT2D eigenvalue weighted by atomic mass is 10.0. The normalized spacial score (nSPS) is 12.3. The fraction of sp³-hybridized carbons (Fsp3) is 0.278. The molecule has 236 valence electrons. The number of benzene rings is 4. The molecular weight excluding hydrogens is 606 g/mol. The van der Waals surface area contributed by atoms with Crippen molar-refractivity contribution < 1.29 is 18.0 Å². The Labute approximate surface area is 271 Å². The highest BCUT2D eigenvalue weighted by Gasteiger charge is 2.35. The Hall–Kier alpha value is -4.14. The van der Waals surface area contributed by atoms with Crippen LogP contribution in [0.5, 0.6) is 0 Å². The van der Waals surface area contributed by atoms with Gasteiger partial charge >= 0.3 is 0 Å². The smallest absolute Gasteiger partial charge is 0.264 e. The molecule has 1 N–H and O–H groups in total. The summed E-state index contributed by atoms with van der Waals surface area (Å²) in [5.41, 5.74) is 3.32. The maximum atomic E-state index is 14.6. The van der Waals surface area contributed by atoms with E-state index in [9.17, 15) is 18.0 Å². The van der Waals surface area contributed by atoms with Crippen molar-refractivity contribution in [1.82, 2.24) is 10.2 Å². The van der Waals surface area contributed by atoms with Gasteiger partial charge in [0.15, 0.2) is 0 Å². The van der Waals surface area contributed by atoms with E-state index in [0.29, 0.717) is 10.7 Å². The van der Waals surface area contributed by atoms with Gasteiger partial charge in [-0.1, -0.05) is 83.9 Å². The second-order valence-electron chi connectivity index (χ2n) is 12.3. The van der Waals surface area contributed by atoms with Crippen LogP contribution in [0.15, 0.2) is 108 Å². The van der Waals surface area contributed by atoms with Crippen LogP contribution in [0.2, 0.25) is 5.02 Å². The number of amides is 2. The zero-order chi connectivity index (χ0) is 32.8. The molecule has 4 aromatic rings. The highest BCUT2D eigenvalue weighted by Crippen LogP contribution is 2.27. The molecule has 0 spiro atoms.